The zero-order valence-corrected chi connectivity index (χ0v) is 17.3. The number of nitriles is 1. The molecule has 0 amide bonds. The van der Waals surface area contributed by atoms with E-state index in [1.807, 2.05) is 0 Å². The maximum Gasteiger partial charge on any atom is 0.416 e. The second kappa shape index (κ2) is 7.30. The second-order valence-corrected chi connectivity index (χ2v) is 9.54. The Morgan fingerprint density at radius 3 is 2.59 bits per heavy atom. The quantitative estimate of drug-likeness (QED) is 0.643. The van der Waals surface area contributed by atoms with Crippen LogP contribution < -0.4 is 10.6 Å². The van der Waals surface area contributed by atoms with E-state index in [1.54, 1.807) is 0 Å². The van der Waals surface area contributed by atoms with E-state index in [-0.39, 0.29) is 29.2 Å². The van der Waals surface area contributed by atoms with E-state index >= 15 is 0 Å². The van der Waals surface area contributed by atoms with Crippen LogP contribution in [-0.4, -0.2) is 31.2 Å². The molecule has 7 nitrogen and oxygen atoms in total. The van der Waals surface area contributed by atoms with Gasteiger partial charge >= 0.3 is 6.18 Å². The highest BCUT2D eigenvalue weighted by molar-refractivity contribution is 5.55. The summed E-state index contributed by atoms with van der Waals surface area (Å²) in [5.74, 6) is 1.36. The predicted octanol–water partition coefficient (Wildman–Crippen LogP) is 3.87. The van der Waals surface area contributed by atoms with Crippen molar-refractivity contribution in [2.75, 3.05) is 10.6 Å². The van der Waals surface area contributed by atoms with Crippen LogP contribution in [-0.2, 0) is 12.7 Å². The van der Waals surface area contributed by atoms with Gasteiger partial charge in [0.2, 0.25) is 5.95 Å². The van der Waals surface area contributed by atoms with Crippen LogP contribution in [0.2, 0.25) is 0 Å². The van der Waals surface area contributed by atoms with Crippen LogP contribution >= 0.6 is 0 Å². The van der Waals surface area contributed by atoms with Crippen molar-refractivity contribution in [2.45, 2.75) is 62.4 Å². The average molecular weight is 444 g/mol. The average Bonchev–Trinajstić information content (AvgIpc) is 2.70. The number of alkyl halides is 3. The van der Waals surface area contributed by atoms with Crippen molar-refractivity contribution >= 4 is 11.8 Å². The van der Waals surface area contributed by atoms with Crippen LogP contribution in [0.5, 0.6) is 0 Å². The van der Waals surface area contributed by atoms with E-state index in [0.29, 0.717) is 24.1 Å². The van der Waals surface area contributed by atoms with Crippen molar-refractivity contribution in [3.63, 3.8) is 0 Å². The molecule has 32 heavy (non-hydrogen) atoms. The monoisotopic (exact) mass is 444 g/mol. The Labute approximate surface area is 183 Å². The maximum absolute atomic E-state index is 13.2. The zero-order chi connectivity index (χ0) is 22.6. The smallest absolute Gasteiger partial charge is 0.390 e. The molecule has 0 spiro atoms. The summed E-state index contributed by atoms with van der Waals surface area (Å²) in [6, 6.07) is 3.01. The summed E-state index contributed by atoms with van der Waals surface area (Å²) in [6.45, 7) is -0.164. The standard InChI is InChI=1S/C22H23F3N6O/c23-22(24,25)17-1-2-27-9-16(17)11-29-19-28-10-15(8-26)18(30-19)31-20-4-13-3-14(5-20)7-21(32,6-13)12-20/h1-2,9-10,13-14,32H,3-7,11-12H2,(H2,28,29,30,31). The highest BCUT2D eigenvalue weighted by Crippen LogP contribution is 2.58. The molecule has 10 heteroatoms. The van der Waals surface area contributed by atoms with Crippen molar-refractivity contribution < 1.29 is 18.3 Å². The maximum atomic E-state index is 13.2. The predicted molar refractivity (Wildman–Crippen MR) is 109 cm³/mol. The molecule has 6 rings (SSSR count). The summed E-state index contributed by atoms with van der Waals surface area (Å²) in [5, 5.41) is 26.8. The summed E-state index contributed by atoms with van der Waals surface area (Å²) in [5.41, 5.74) is -1.54. The summed E-state index contributed by atoms with van der Waals surface area (Å²) in [7, 11) is 0. The summed E-state index contributed by atoms with van der Waals surface area (Å²) in [4.78, 5) is 12.3. The molecule has 0 radical (unpaired) electrons. The highest BCUT2D eigenvalue weighted by Gasteiger charge is 2.57. The normalized spacial score (nSPS) is 30.7. The molecule has 4 saturated carbocycles. The van der Waals surface area contributed by atoms with Gasteiger partial charge in [0.1, 0.15) is 17.5 Å². The van der Waals surface area contributed by atoms with Crippen LogP contribution in [0.1, 0.15) is 55.2 Å². The Balaban J connectivity index is 1.37. The number of nitrogens with one attached hydrogen (secondary N) is 2. The number of aromatic nitrogens is 3. The van der Waals surface area contributed by atoms with Crippen molar-refractivity contribution in [3.05, 3.63) is 41.3 Å². The first-order valence-corrected chi connectivity index (χ1v) is 10.7. The van der Waals surface area contributed by atoms with Gasteiger partial charge in [0, 0.05) is 30.0 Å². The van der Waals surface area contributed by atoms with Gasteiger partial charge in [-0.1, -0.05) is 0 Å². The van der Waals surface area contributed by atoms with E-state index < -0.39 is 17.3 Å². The molecule has 4 aliphatic rings. The summed E-state index contributed by atoms with van der Waals surface area (Å²) in [6.07, 6.45) is 4.33. The molecule has 4 fully saturated rings. The van der Waals surface area contributed by atoms with Crippen molar-refractivity contribution in [3.8, 4) is 6.07 Å². The molecule has 0 saturated heterocycles. The number of halogens is 3. The summed E-state index contributed by atoms with van der Waals surface area (Å²) < 4.78 is 39.7. The number of anilines is 2. The number of rotatable bonds is 5. The lowest BCUT2D eigenvalue weighted by molar-refractivity contribution is -0.138. The number of hydrogen-bond acceptors (Lipinski definition) is 7. The SMILES string of the molecule is N#Cc1cnc(NCc2cnccc2C(F)(F)F)nc1NC12CC3CC(CC(O)(C3)C1)C2. The van der Waals surface area contributed by atoms with E-state index in [2.05, 4.69) is 31.7 Å². The number of aliphatic hydroxyl groups is 1. The fourth-order valence-corrected chi connectivity index (χ4v) is 6.27. The van der Waals surface area contributed by atoms with Gasteiger partial charge in [0.25, 0.3) is 0 Å². The molecule has 2 aromatic heterocycles. The fraction of sp³-hybridized carbons (Fsp3) is 0.545. The topological polar surface area (TPSA) is 107 Å². The lowest BCUT2D eigenvalue weighted by Gasteiger charge is -2.60. The Bertz CT molecular complexity index is 1070. The van der Waals surface area contributed by atoms with Gasteiger partial charge < -0.3 is 15.7 Å². The van der Waals surface area contributed by atoms with Gasteiger partial charge in [0.15, 0.2) is 0 Å². The van der Waals surface area contributed by atoms with Crippen LogP contribution in [0.3, 0.4) is 0 Å². The van der Waals surface area contributed by atoms with Crippen LogP contribution in [0, 0.1) is 23.2 Å². The molecule has 2 unspecified atom stereocenters. The van der Waals surface area contributed by atoms with Gasteiger partial charge in [0.05, 0.1) is 17.4 Å². The minimum absolute atomic E-state index is 0.0224. The molecule has 0 aliphatic heterocycles. The first-order valence-electron chi connectivity index (χ1n) is 10.7. The molecule has 168 valence electrons. The minimum Gasteiger partial charge on any atom is -0.390 e. The summed E-state index contributed by atoms with van der Waals surface area (Å²) >= 11 is 0. The molecular weight excluding hydrogens is 421 g/mol. The second-order valence-electron chi connectivity index (χ2n) is 9.54. The van der Waals surface area contributed by atoms with Crippen molar-refractivity contribution in [2.24, 2.45) is 11.8 Å². The molecule has 4 aliphatic carbocycles. The molecule has 4 bridgehead atoms. The van der Waals surface area contributed by atoms with Crippen LogP contribution in [0.25, 0.3) is 0 Å². The third kappa shape index (κ3) is 3.86. The highest BCUT2D eigenvalue weighted by atomic mass is 19.4. The van der Waals surface area contributed by atoms with Gasteiger partial charge in [-0.2, -0.15) is 23.4 Å². The van der Waals surface area contributed by atoms with E-state index in [0.717, 1.165) is 50.6 Å². The fourth-order valence-electron chi connectivity index (χ4n) is 6.27. The first kappa shape index (κ1) is 20.9. The van der Waals surface area contributed by atoms with E-state index in [1.165, 1.54) is 6.20 Å². The Kier molecular flexibility index (Phi) is 4.78. The van der Waals surface area contributed by atoms with Gasteiger partial charge in [-0.15, -0.1) is 0 Å². The molecule has 2 aromatic rings. The third-order valence-corrected chi connectivity index (χ3v) is 6.97. The Morgan fingerprint density at radius 1 is 1.19 bits per heavy atom. The van der Waals surface area contributed by atoms with Gasteiger partial charge in [-0.3, -0.25) is 4.98 Å². The number of pyridine rings is 1. The zero-order valence-electron chi connectivity index (χ0n) is 17.3. The van der Waals surface area contributed by atoms with Crippen molar-refractivity contribution in [1.29, 1.82) is 5.26 Å². The van der Waals surface area contributed by atoms with Gasteiger partial charge in [-0.25, -0.2) is 4.98 Å². The lowest BCUT2D eigenvalue weighted by Crippen LogP contribution is -2.62. The molecule has 2 heterocycles. The lowest BCUT2D eigenvalue weighted by atomic mass is 9.51. The van der Waals surface area contributed by atoms with Crippen molar-refractivity contribution in [1.82, 2.24) is 15.0 Å². The number of nitrogens with zero attached hydrogens (tertiary/aromatic N) is 4. The number of hydrogen-bond donors (Lipinski definition) is 3. The van der Waals surface area contributed by atoms with Gasteiger partial charge in [-0.05, 0) is 56.4 Å². The largest absolute Gasteiger partial charge is 0.416 e. The minimum atomic E-state index is -4.49. The Hall–Kier alpha value is -2.93. The third-order valence-electron chi connectivity index (χ3n) is 6.97. The molecule has 0 aromatic carbocycles. The van der Waals surface area contributed by atoms with Crippen LogP contribution in [0.15, 0.2) is 24.7 Å². The molecular formula is C22H23F3N6O. The van der Waals surface area contributed by atoms with E-state index in [4.69, 9.17) is 0 Å². The van der Waals surface area contributed by atoms with Crippen LogP contribution in [0.4, 0.5) is 24.9 Å². The first-order chi connectivity index (χ1) is 15.2. The molecule has 3 N–H and O–H groups in total. The van der Waals surface area contributed by atoms with E-state index in [9.17, 15) is 23.5 Å². The molecule has 2 atom stereocenters. The Morgan fingerprint density at radius 2 is 1.94 bits per heavy atom.